The Morgan fingerprint density at radius 2 is 1.76 bits per heavy atom. The van der Waals surface area contributed by atoms with Crippen molar-refractivity contribution in [3.63, 3.8) is 0 Å². The van der Waals surface area contributed by atoms with Crippen LogP contribution in [0.4, 0.5) is 4.79 Å². The van der Waals surface area contributed by atoms with Gasteiger partial charge in [-0.3, -0.25) is 4.79 Å². The van der Waals surface area contributed by atoms with Crippen molar-refractivity contribution < 1.29 is 19.4 Å². The summed E-state index contributed by atoms with van der Waals surface area (Å²) in [5.74, 6) is -1.20. The van der Waals surface area contributed by atoms with E-state index in [4.69, 9.17) is 4.74 Å². The molecule has 0 aliphatic heterocycles. The largest absolute Gasteiger partial charge is 0.480 e. The number of carbonyl (C=O) groups is 2. The van der Waals surface area contributed by atoms with Gasteiger partial charge in [-0.1, -0.05) is 12.1 Å². The van der Waals surface area contributed by atoms with Crippen LogP contribution >= 0.6 is 0 Å². The molecule has 0 bridgehead atoms. The lowest BCUT2D eigenvalue weighted by molar-refractivity contribution is -0.139. The molecule has 0 saturated heterocycles. The molecular formula is C20H25N3O6. The molecule has 0 aliphatic rings. The smallest absolute Gasteiger partial charge is 0.408 e. The zero-order valence-electron chi connectivity index (χ0n) is 17.1. The van der Waals surface area contributed by atoms with Crippen molar-refractivity contribution in [2.24, 2.45) is 7.05 Å². The van der Waals surface area contributed by atoms with Crippen LogP contribution in [0.1, 0.15) is 31.9 Å². The third-order valence-electron chi connectivity index (χ3n) is 4.04. The first kappa shape index (κ1) is 21.9. The maximum Gasteiger partial charge on any atom is 0.408 e. The standard InChI is InChI=1S/C20H25N3O6/c1-12-11-22(5)19(28)23(16(12)24)14-8-6-13(7-9-14)10-15(17(25)26)21-18(27)29-20(2,3)4/h6-9,11,15H,10H2,1-5H3,(H,21,27)(H,25,26)/t15-/m0/s1. The summed E-state index contributed by atoms with van der Waals surface area (Å²) in [5, 5.41) is 11.7. The summed E-state index contributed by atoms with van der Waals surface area (Å²) in [7, 11) is 1.55. The van der Waals surface area contributed by atoms with Crippen LogP contribution in [-0.2, 0) is 23.0 Å². The topological polar surface area (TPSA) is 120 Å². The number of amides is 1. The van der Waals surface area contributed by atoms with Crippen LogP contribution in [0.15, 0.2) is 40.1 Å². The van der Waals surface area contributed by atoms with Gasteiger partial charge in [-0.15, -0.1) is 0 Å². The van der Waals surface area contributed by atoms with Crippen molar-refractivity contribution in [3.8, 4) is 5.69 Å². The van der Waals surface area contributed by atoms with Crippen LogP contribution in [0.3, 0.4) is 0 Å². The lowest BCUT2D eigenvalue weighted by Crippen LogP contribution is -2.44. The van der Waals surface area contributed by atoms with Crippen molar-refractivity contribution in [2.45, 2.75) is 45.8 Å². The second-order valence-corrected chi connectivity index (χ2v) is 7.75. The number of aryl methyl sites for hydroxylation is 2. The number of aromatic nitrogens is 2. The Morgan fingerprint density at radius 3 is 2.28 bits per heavy atom. The number of rotatable bonds is 5. The first-order chi connectivity index (χ1) is 13.4. The lowest BCUT2D eigenvalue weighted by Gasteiger charge is -2.22. The van der Waals surface area contributed by atoms with Gasteiger partial charge < -0.3 is 19.7 Å². The molecule has 1 amide bonds. The molecule has 0 radical (unpaired) electrons. The SMILES string of the molecule is Cc1cn(C)c(=O)n(-c2ccc(C[C@H](NC(=O)OC(C)(C)C)C(=O)O)cc2)c1=O. The molecule has 0 spiro atoms. The normalized spacial score (nSPS) is 12.3. The van der Waals surface area contributed by atoms with Gasteiger partial charge in [0.15, 0.2) is 0 Å². The van der Waals surface area contributed by atoms with Crippen LogP contribution in [0.5, 0.6) is 0 Å². The fourth-order valence-electron chi connectivity index (χ4n) is 2.72. The molecule has 2 aromatic rings. The minimum Gasteiger partial charge on any atom is -0.480 e. The number of carboxylic acids is 1. The van der Waals surface area contributed by atoms with Gasteiger partial charge in [-0.25, -0.2) is 19.0 Å². The second-order valence-electron chi connectivity index (χ2n) is 7.75. The molecule has 156 valence electrons. The van der Waals surface area contributed by atoms with Crippen molar-refractivity contribution in [3.05, 3.63) is 62.4 Å². The Labute approximate surface area is 167 Å². The summed E-state index contributed by atoms with van der Waals surface area (Å²) in [6.45, 7) is 6.65. The Morgan fingerprint density at radius 1 is 1.17 bits per heavy atom. The maximum absolute atomic E-state index is 12.3. The van der Waals surface area contributed by atoms with E-state index in [1.807, 2.05) is 0 Å². The number of nitrogens with zero attached hydrogens (tertiary/aromatic N) is 2. The van der Waals surface area contributed by atoms with Crippen molar-refractivity contribution in [2.75, 3.05) is 0 Å². The highest BCUT2D eigenvalue weighted by Gasteiger charge is 2.24. The molecule has 0 saturated carbocycles. The number of hydrogen-bond donors (Lipinski definition) is 2. The summed E-state index contributed by atoms with van der Waals surface area (Å²) in [6, 6.07) is 5.14. The highest BCUT2D eigenvalue weighted by molar-refractivity contribution is 5.80. The van der Waals surface area contributed by atoms with E-state index in [2.05, 4.69) is 5.32 Å². The quantitative estimate of drug-likeness (QED) is 0.778. The number of hydrogen-bond acceptors (Lipinski definition) is 5. The summed E-state index contributed by atoms with van der Waals surface area (Å²) >= 11 is 0. The Balaban J connectivity index is 2.24. The van der Waals surface area contributed by atoms with Crippen molar-refractivity contribution in [1.29, 1.82) is 0 Å². The molecule has 9 nitrogen and oxygen atoms in total. The molecule has 0 fully saturated rings. The van der Waals surface area contributed by atoms with Crippen LogP contribution < -0.4 is 16.6 Å². The summed E-state index contributed by atoms with van der Waals surface area (Å²) in [5.41, 5.74) is -0.255. The van der Waals surface area contributed by atoms with E-state index in [1.165, 1.54) is 10.8 Å². The third-order valence-corrected chi connectivity index (χ3v) is 4.04. The second kappa shape index (κ2) is 8.34. The average molecular weight is 403 g/mol. The Kier molecular flexibility index (Phi) is 6.31. The highest BCUT2D eigenvalue weighted by atomic mass is 16.6. The van der Waals surface area contributed by atoms with Crippen LogP contribution in [-0.4, -0.2) is 37.9 Å². The fraction of sp³-hybridized carbons (Fsp3) is 0.400. The minimum atomic E-state index is -1.20. The molecule has 0 aliphatic carbocycles. The third kappa shape index (κ3) is 5.56. The van der Waals surface area contributed by atoms with Gasteiger partial charge in [0.1, 0.15) is 11.6 Å². The Hall–Kier alpha value is -3.36. The van der Waals surface area contributed by atoms with E-state index in [9.17, 15) is 24.3 Å². The van der Waals surface area contributed by atoms with E-state index >= 15 is 0 Å². The molecule has 1 aromatic carbocycles. The predicted octanol–water partition coefficient (Wildman–Crippen LogP) is 1.37. The van der Waals surface area contributed by atoms with Gasteiger partial charge in [-0.05, 0) is 45.4 Å². The van der Waals surface area contributed by atoms with Gasteiger partial charge in [0, 0.05) is 25.2 Å². The van der Waals surface area contributed by atoms with Crippen LogP contribution in [0.25, 0.3) is 5.69 Å². The number of aliphatic carboxylic acids is 1. The van der Waals surface area contributed by atoms with Gasteiger partial charge in [0.2, 0.25) is 0 Å². The molecule has 2 N–H and O–H groups in total. The van der Waals surface area contributed by atoms with Crippen LogP contribution in [0, 0.1) is 6.92 Å². The molecular weight excluding hydrogens is 378 g/mol. The number of carbonyl (C=O) groups excluding carboxylic acids is 1. The first-order valence-corrected chi connectivity index (χ1v) is 9.00. The summed E-state index contributed by atoms with van der Waals surface area (Å²) in [6.07, 6.45) is 0.654. The van der Waals surface area contributed by atoms with E-state index in [-0.39, 0.29) is 6.42 Å². The summed E-state index contributed by atoms with van der Waals surface area (Å²) in [4.78, 5) is 48.0. The van der Waals surface area contributed by atoms with Gasteiger partial charge in [0.25, 0.3) is 5.56 Å². The molecule has 1 atom stereocenters. The van der Waals surface area contributed by atoms with Gasteiger partial charge in [0.05, 0.1) is 5.69 Å². The molecule has 1 aromatic heterocycles. The Bertz CT molecular complexity index is 994. The predicted molar refractivity (Wildman–Crippen MR) is 107 cm³/mol. The number of ether oxygens (including phenoxy) is 1. The average Bonchev–Trinajstić information content (AvgIpc) is 2.59. The van der Waals surface area contributed by atoms with Crippen LogP contribution in [0.2, 0.25) is 0 Å². The monoisotopic (exact) mass is 403 g/mol. The zero-order valence-corrected chi connectivity index (χ0v) is 17.1. The van der Waals surface area contributed by atoms with Gasteiger partial charge >= 0.3 is 17.8 Å². The van der Waals surface area contributed by atoms with E-state index in [0.717, 1.165) is 4.57 Å². The zero-order chi connectivity index (χ0) is 21.9. The van der Waals surface area contributed by atoms with E-state index in [0.29, 0.717) is 16.8 Å². The molecule has 1 heterocycles. The maximum atomic E-state index is 12.3. The molecule has 29 heavy (non-hydrogen) atoms. The molecule has 0 unspecified atom stereocenters. The number of benzene rings is 1. The first-order valence-electron chi connectivity index (χ1n) is 9.00. The van der Waals surface area contributed by atoms with E-state index < -0.39 is 35.0 Å². The number of alkyl carbamates (subject to hydrolysis) is 1. The van der Waals surface area contributed by atoms with Crippen molar-refractivity contribution in [1.82, 2.24) is 14.5 Å². The highest BCUT2D eigenvalue weighted by Crippen LogP contribution is 2.11. The number of nitrogens with one attached hydrogen (secondary N) is 1. The van der Waals surface area contributed by atoms with Crippen molar-refractivity contribution >= 4 is 12.1 Å². The minimum absolute atomic E-state index is 0.00951. The lowest BCUT2D eigenvalue weighted by atomic mass is 10.1. The van der Waals surface area contributed by atoms with Gasteiger partial charge in [-0.2, -0.15) is 0 Å². The fourth-order valence-corrected chi connectivity index (χ4v) is 2.72. The molecule has 9 heteroatoms. The number of carboxylic acid groups (broad SMARTS) is 1. The summed E-state index contributed by atoms with van der Waals surface area (Å²) < 4.78 is 7.46. The molecule has 2 rings (SSSR count). The van der Waals surface area contributed by atoms with E-state index in [1.54, 1.807) is 59.0 Å².